The summed E-state index contributed by atoms with van der Waals surface area (Å²) in [5.74, 6) is -0.580. The Morgan fingerprint density at radius 1 is 1.19 bits per heavy atom. The van der Waals surface area contributed by atoms with Crippen LogP contribution in [0.2, 0.25) is 0 Å². The molecule has 6 heteroatoms. The van der Waals surface area contributed by atoms with E-state index in [1.807, 2.05) is 24.3 Å². The molecule has 1 fully saturated rings. The van der Waals surface area contributed by atoms with Crippen molar-refractivity contribution in [3.8, 4) is 0 Å². The Kier molecular flexibility index (Phi) is 4.93. The van der Waals surface area contributed by atoms with Gasteiger partial charge in [-0.25, -0.2) is 8.78 Å². The number of nitrogens with one attached hydrogen (secondary N) is 1. The molecule has 4 rings (SSSR count). The summed E-state index contributed by atoms with van der Waals surface area (Å²) in [5.41, 5.74) is 2.89. The topological polar surface area (TPSA) is 41.6 Å². The molecule has 1 N–H and O–H groups in total. The molecule has 0 saturated carbocycles. The summed E-state index contributed by atoms with van der Waals surface area (Å²) in [6.07, 6.45) is -0.463. The van der Waals surface area contributed by atoms with Crippen LogP contribution in [0.1, 0.15) is 28.8 Å². The average Bonchev–Trinajstić information content (AvgIpc) is 2.99. The third kappa shape index (κ3) is 3.47. The number of methoxy groups -OCH3 is 1. The average molecular weight is 372 g/mol. The van der Waals surface area contributed by atoms with E-state index in [2.05, 4.69) is 5.32 Å². The second-order valence-electron chi connectivity index (χ2n) is 7.18. The van der Waals surface area contributed by atoms with Gasteiger partial charge in [0.05, 0.1) is 6.04 Å². The van der Waals surface area contributed by atoms with Gasteiger partial charge in [-0.1, -0.05) is 36.4 Å². The van der Waals surface area contributed by atoms with Gasteiger partial charge in [-0.2, -0.15) is 0 Å². The van der Waals surface area contributed by atoms with Crippen molar-refractivity contribution in [1.82, 2.24) is 10.2 Å². The standard InChI is InChI=1S/C21H22F2N2O2/c1-27-20-17-5-3-2-4-14(17)10-18(20)24-21(26)19(25-11-16(23)12-25)13-6-8-15(22)9-7-13/h2-9,16,18-20H,10-12H2,1H3,(H,24,26)/t18-,19?,20-/m0/s1. The van der Waals surface area contributed by atoms with Crippen molar-refractivity contribution < 1.29 is 18.3 Å². The fourth-order valence-corrected chi connectivity index (χ4v) is 4.08. The number of hydrogen-bond acceptors (Lipinski definition) is 3. The van der Waals surface area contributed by atoms with Crippen LogP contribution in [0.15, 0.2) is 48.5 Å². The summed E-state index contributed by atoms with van der Waals surface area (Å²) in [7, 11) is 1.63. The first kappa shape index (κ1) is 18.1. The zero-order valence-corrected chi connectivity index (χ0v) is 15.1. The fourth-order valence-electron chi connectivity index (χ4n) is 4.08. The van der Waals surface area contributed by atoms with E-state index in [4.69, 9.17) is 4.74 Å². The predicted octanol–water partition coefficient (Wildman–Crippen LogP) is 2.95. The van der Waals surface area contributed by atoms with Crippen molar-refractivity contribution in [3.05, 3.63) is 71.0 Å². The lowest BCUT2D eigenvalue weighted by Crippen LogP contribution is -2.55. The first-order chi connectivity index (χ1) is 13.1. The Labute approximate surface area is 157 Å². The summed E-state index contributed by atoms with van der Waals surface area (Å²) in [4.78, 5) is 14.9. The van der Waals surface area contributed by atoms with E-state index in [0.29, 0.717) is 12.0 Å². The van der Waals surface area contributed by atoms with Crippen molar-refractivity contribution in [1.29, 1.82) is 0 Å². The molecule has 2 aromatic carbocycles. The van der Waals surface area contributed by atoms with E-state index < -0.39 is 12.2 Å². The van der Waals surface area contributed by atoms with Gasteiger partial charge in [0.2, 0.25) is 5.91 Å². The Bertz CT molecular complexity index is 821. The molecule has 1 heterocycles. The highest BCUT2D eigenvalue weighted by Gasteiger charge is 2.40. The molecule has 1 unspecified atom stereocenters. The van der Waals surface area contributed by atoms with Gasteiger partial charge < -0.3 is 10.1 Å². The minimum Gasteiger partial charge on any atom is -0.375 e. The highest BCUT2D eigenvalue weighted by atomic mass is 19.1. The van der Waals surface area contributed by atoms with Gasteiger partial charge in [0.25, 0.3) is 0 Å². The lowest BCUT2D eigenvalue weighted by Gasteiger charge is -2.40. The molecule has 3 atom stereocenters. The lowest BCUT2D eigenvalue weighted by atomic mass is 9.99. The zero-order valence-electron chi connectivity index (χ0n) is 15.1. The minimum absolute atomic E-state index is 0.190. The number of likely N-dealkylation sites (tertiary alicyclic amines) is 1. The summed E-state index contributed by atoms with van der Waals surface area (Å²) < 4.78 is 32.3. The number of ether oxygens (including phenoxy) is 1. The SMILES string of the molecule is CO[C@H]1c2ccccc2C[C@@H]1NC(=O)C(c1ccc(F)cc1)N1CC(F)C1. The van der Waals surface area contributed by atoms with Gasteiger partial charge in [0.1, 0.15) is 24.1 Å². The second-order valence-corrected chi connectivity index (χ2v) is 7.18. The van der Waals surface area contributed by atoms with Crippen LogP contribution in [0.3, 0.4) is 0 Å². The molecule has 4 nitrogen and oxygen atoms in total. The van der Waals surface area contributed by atoms with E-state index in [-0.39, 0.29) is 37.0 Å². The van der Waals surface area contributed by atoms with Crippen molar-refractivity contribution in [3.63, 3.8) is 0 Å². The second kappa shape index (κ2) is 7.37. The number of fused-ring (bicyclic) bond motifs is 1. The molecule has 0 spiro atoms. The monoisotopic (exact) mass is 372 g/mol. The molecule has 2 aliphatic rings. The van der Waals surface area contributed by atoms with Crippen LogP contribution < -0.4 is 5.32 Å². The summed E-state index contributed by atoms with van der Waals surface area (Å²) in [5, 5.41) is 3.08. The normalized spacial score (nSPS) is 23.5. The lowest BCUT2D eigenvalue weighted by molar-refractivity contribution is -0.131. The van der Waals surface area contributed by atoms with Crippen LogP contribution >= 0.6 is 0 Å². The van der Waals surface area contributed by atoms with Gasteiger partial charge in [0, 0.05) is 20.2 Å². The molecule has 27 heavy (non-hydrogen) atoms. The van der Waals surface area contributed by atoms with Crippen LogP contribution in [0.4, 0.5) is 8.78 Å². The first-order valence-corrected chi connectivity index (χ1v) is 9.11. The van der Waals surface area contributed by atoms with E-state index in [9.17, 15) is 13.6 Å². The number of benzene rings is 2. The molecule has 1 saturated heterocycles. The summed E-state index contributed by atoms with van der Waals surface area (Å²) >= 11 is 0. The maximum absolute atomic E-state index is 13.4. The molecule has 0 radical (unpaired) electrons. The van der Waals surface area contributed by atoms with Crippen molar-refractivity contribution in [2.45, 2.75) is 30.8 Å². The van der Waals surface area contributed by atoms with E-state index in [1.54, 1.807) is 24.1 Å². The Hall–Kier alpha value is -2.31. The Balaban J connectivity index is 1.54. The van der Waals surface area contributed by atoms with Gasteiger partial charge in [-0.05, 0) is 35.2 Å². The number of alkyl halides is 1. The highest BCUT2D eigenvalue weighted by Crippen LogP contribution is 2.35. The number of rotatable bonds is 5. The van der Waals surface area contributed by atoms with E-state index in [0.717, 1.165) is 11.1 Å². The molecule has 1 aliphatic carbocycles. The van der Waals surface area contributed by atoms with Crippen molar-refractivity contribution in [2.24, 2.45) is 0 Å². The molecule has 1 aliphatic heterocycles. The highest BCUT2D eigenvalue weighted by molar-refractivity contribution is 5.84. The number of hydrogen-bond donors (Lipinski definition) is 1. The number of carbonyl (C=O) groups excluding carboxylic acids is 1. The molecule has 0 aromatic heterocycles. The molecular formula is C21H22F2N2O2. The van der Waals surface area contributed by atoms with E-state index in [1.165, 1.54) is 12.1 Å². The van der Waals surface area contributed by atoms with Crippen LogP contribution in [-0.4, -0.2) is 43.2 Å². The first-order valence-electron chi connectivity index (χ1n) is 9.11. The van der Waals surface area contributed by atoms with E-state index >= 15 is 0 Å². The van der Waals surface area contributed by atoms with Crippen LogP contribution in [-0.2, 0) is 16.0 Å². The minimum atomic E-state index is -0.928. The molecule has 142 valence electrons. The van der Waals surface area contributed by atoms with Gasteiger partial charge >= 0.3 is 0 Å². The molecule has 1 amide bonds. The van der Waals surface area contributed by atoms with Gasteiger partial charge in [0.15, 0.2) is 0 Å². The Morgan fingerprint density at radius 3 is 2.56 bits per heavy atom. The zero-order chi connectivity index (χ0) is 19.0. The van der Waals surface area contributed by atoms with Gasteiger partial charge in [-0.15, -0.1) is 0 Å². The maximum atomic E-state index is 13.4. The quantitative estimate of drug-likeness (QED) is 0.878. The fraction of sp³-hybridized carbons (Fsp3) is 0.381. The summed E-state index contributed by atoms with van der Waals surface area (Å²) in [6.45, 7) is 0.405. The number of halogens is 2. The maximum Gasteiger partial charge on any atom is 0.242 e. The largest absolute Gasteiger partial charge is 0.375 e. The van der Waals surface area contributed by atoms with Gasteiger partial charge in [-0.3, -0.25) is 9.69 Å². The molecule has 2 aromatic rings. The number of nitrogens with zero attached hydrogens (tertiary/aromatic N) is 1. The van der Waals surface area contributed by atoms with Crippen LogP contribution in [0.25, 0.3) is 0 Å². The third-order valence-electron chi connectivity index (χ3n) is 5.41. The smallest absolute Gasteiger partial charge is 0.242 e. The van der Waals surface area contributed by atoms with Crippen molar-refractivity contribution in [2.75, 3.05) is 20.2 Å². The van der Waals surface area contributed by atoms with Crippen LogP contribution in [0, 0.1) is 5.82 Å². The number of carbonyl (C=O) groups is 1. The molecular weight excluding hydrogens is 350 g/mol. The van der Waals surface area contributed by atoms with Crippen LogP contribution in [0.5, 0.6) is 0 Å². The summed E-state index contributed by atoms with van der Waals surface area (Å²) in [6, 6.07) is 13.0. The van der Waals surface area contributed by atoms with Crippen molar-refractivity contribution >= 4 is 5.91 Å². The number of amides is 1. The molecule has 0 bridgehead atoms. The Morgan fingerprint density at radius 2 is 1.89 bits per heavy atom. The third-order valence-corrected chi connectivity index (χ3v) is 5.41. The predicted molar refractivity (Wildman–Crippen MR) is 97.4 cm³/mol.